The summed E-state index contributed by atoms with van der Waals surface area (Å²) in [5.74, 6) is 0. The molecule has 2 heterocycles. The summed E-state index contributed by atoms with van der Waals surface area (Å²) in [5.41, 5.74) is 19.7. The SMILES string of the molecule is CC/C(C)=C(/C=C(\C)c1ccccc1)c1cccc(-n2c3ccccc3c3cc(-c4ccc(-c5ccc6c(c5)c5ccccc5n6-c5ccc(C)cc5)cc4)ccc32)c1. The summed E-state index contributed by atoms with van der Waals surface area (Å²) in [6, 6.07) is 69.0. The molecule has 0 N–H and O–H groups in total. The van der Waals surface area contributed by atoms with Gasteiger partial charge in [0.2, 0.25) is 0 Å². The Bertz CT molecular complexity index is 3240. The summed E-state index contributed by atoms with van der Waals surface area (Å²) < 4.78 is 4.81. The van der Waals surface area contributed by atoms with Crippen LogP contribution in [0.5, 0.6) is 0 Å². The molecule has 0 amide bonds. The first-order valence-electron chi connectivity index (χ1n) is 20.7. The van der Waals surface area contributed by atoms with E-state index in [1.807, 2.05) is 0 Å². The molecule has 0 fully saturated rings. The number of aromatic nitrogens is 2. The number of aryl methyl sites for hydroxylation is 1. The molecule has 2 aromatic heterocycles. The highest BCUT2D eigenvalue weighted by molar-refractivity contribution is 6.11. The van der Waals surface area contributed by atoms with Crippen molar-refractivity contribution in [3.05, 3.63) is 216 Å². The van der Waals surface area contributed by atoms with Gasteiger partial charge >= 0.3 is 0 Å². The van der Waals surface area contributed by atoms with E-state index < -0.39 is 0 Å². The zero-order valence-corrected chi connectivity index (χ0v) is 34.1. The maximum absolute atomic E-state index is 2.43. The van der Waals surface area contributed by atoms with Crippen molar-refractivity contribution in [2.24, 2.45) is 0 Å². The van der Waals surface area contributed by atoms with Crippen LogP contribution in [-0.2, 0) is 0 Å². The van der Waals surface area contributed by atoms with E-state index in [4.69, 9.17) is 0 Å². The molecule has 8 aromatic carbocycles. The number of para-hydroxylation sites is 2. The normalized spacial score (nSPS) is 12.5. The van der Waals surface area contributed by atoms with Crippen LogP contribution in [0, 0.1) is 6.92 Å². The molecule has 284 valence electrons. The minimum absolute atomic E-state index is 0.992. The Morgan fingerprint density at radius 2 is 0.915 bits per heavy atom. The third kappa shape index (κ3) is 6.48. The summed E-state index contributed by atoms with van der Waals surface area (Å²) in [7, 11) is 0. The topological polar surface area (TPSA) is 9.86 Å². The largest absolute Gasteiger partial charge is 0.309 e. The lowest BCUT2D eigenvalue weighted by Gasteiger charge is -2.14. The first-order chi connectivity index (χ1) is 28.9. The van der Waals surface area contributed by atoms with Gasteiger partial charge in [-0.1, -0.05) is 152 Å². The van der Waals surface area contributed by atoms with E-state index in [9.17, 15) is 0 Å². The summed E-state index contributed by atoms with van der Waals surface area (Å²) in [6.45, 7) is 8.86. The highest BCUT2D eigenvalue weighted by Gasteiger charge is 2.16. The zero-order valence-electron chi connectivity index (χ0n) is 34.1. The summed E-state index contributed by atoms with van der Waals surface area (Å²) in [4.78, 5) is 0. The molecule has 2 heteroatoms. The van der Waals surface area contributed by atoms with Gasteiger partial charge in [-0.05, 0) is 132 Å². The van der Waals surface area contributed by atoms with Gasteiger partial charge < -0.3 is 9.13 Å². The van der Waals surface area contributed by atoms with Crippen LogP contribution in [0.3, 0.4) is 0 Å². The third-order valence-corrected chi connectivity index (χ3v) is 12.2. The molecule has 0 aliphatic rings. The Balaban J connectivity index is 1.01. The number of nitrogens with zero attached hydrogens (tertiary/aromatic N) is 2. The predicted octanol–water partition coefficient (Wildman–Crippen LogP) is 15.8. The van der Waals surface area contributed by atoms with Gasteiger partial charge in [-0.25, -0.2) is 0 Å². The second kappa shape index (κ2) is 15.0. The standard InChI is InChI=1S/C57H46N2/c1-5-39(3)51(34-40(4)41-14-7-6-8-15-41)46-16-13-17-48(35-46)59-55-21-12-10-19-50(55)53-37-45(29-33-57(53)59)43-26-24-42(25-27-43)44-28-32-56-52(36-44)49-18-9-11-20-54(49)58(56)47-30-22-38(2)23-31-47/h6-37H,5H2,1-4H3/b40-34+,51-39-. The van der Waals surface area contributed by atoms with Gasteiger partial charge in [-0.15, -0.1) is 0 Å². The number of rotatable bonds is 8. The molecule has 59 heavy (non-hydrogen) atoms. The fraction of sp³-hybridized carbons (Fsp3) is 0.0877. The third-order valence-electron chi connectivity index (χ3n) is 12.2. The average molecular weight is 759 g/mol. The van der Waals surface area contributed by atoms with Crippen molar-refractivity contribution in [3.63, 3.8) is 0 Å². The van der Waals surface area contributed by atoms with Crippen LogP contribution in [0.1, 0.15) is 43.9 Å². The van der Waals surface area contributed by atoms with Gasteiger partial charge in [0.1, 0.15) is 0 Å². The van der Waals surface area contributed by atoms with Crippen molar-refractivity contribution >= 4 is 54.8 Å². The van der Waals surface area contributed by atoms with Crippen LogP contribution in [-0.4, -0.2) is 9.13 Å². The highest BCUT2D eigenvalue weighted by atomic mass is 15.0. The summed E-state index contributed by atoms with van der Waals surface area (Å²) in [5, 5.41) is 5.04. The lowest BCUT2D eigenvalue weighted by Crippen LogP contribution is -1.96. The van der Waals surface area contributed by atoms with Crippen LogP contribution in [0.25, 0.3) is 88.4 Å². The van der Waals surface area contributed by atoms with E-state index in [-0.39, 0.29) is 0 Å². The number of hydrogen-bond acceptors (Lipinski definition) is 0. The van der Waals surface area contributed by atoms with E-state index in [1.165, 1.54) is 105 Å². The molecule has 0 unspecified atom stereocenters. The lowest BCUT2D eigenvalue weighted by atomic mass is 9.95. The van der Waals surface area contributed by atoms with Gasteiger partial charge in [0, 0.05) is 32.9 Å². The van der Waals surface area contributed by atoms with Crippen molar-refractivity contribution in [2.45, 2.75) is 34.1 Å². The van der Waals surface area contributed by atoms with Gasteiger partial charge in [0.15, 0.2) is 0 Å². The van der Waals surface area contributed by atoms with Crippen LogP contribution in [0.2, 0.25) is 0 Å². The Morgan fingerprint density at radius 1 is 0.424 bits per heavy atom. The molecular weight excluding hydrogens is 713 g/mol. The van der Waals surface area contributed by atoms with Crippen LogP contribution >= 0.6 is 0 Å². The van der Waals surface area contributed by atoms with Crippen LogP contribution < -0.4 is 0 Å². The van der Waals surface area contributed by atoms with Crippen molar-refractivity contribution in [1.29, 1.82) is 0 Å². The summed E-state index contributed by atoms with van der Waals surface area (Å²) in [6.07, 6.45) is 3.35. The molecule has 0 atom stereocenters. The second-order valence-corrected chi connectivity index (χ2v) is 15.9. The Kier molecular flexibility index (Phi) is 9.19. The molecule has 10 rings (SSSR count). The highest BCUT2D eigenvalue weighted by Crippen LogP contribution is 2.38. The van der Waals surface area contributed by atoms with E-state index in [1.54, 1.807) is 0 Å². The Morgan fingerprint density at radius 3 is 1.49 bits per heavy atom. The monoisotopic (exact) mass is 758 g/mol. The minimum Gasteiger partial charge on any atom is -0.309 e. The maximum atomic E-state index is 2.43. The lowest BCUT2D eigenvalue weighted by molar-refractivity contribution is 1.10. The fourth-order valence-corrected chi connectivity index (χ4v) is 8.87. The molecule has 0 aliphatic heterocycles. The number of fused-ring (bicyclic) bond motifs is 6. The molecule has 0 saturated heterocycles. The maximum Gasteiger partial charge on any atom is 0.0541 e. The second-order valence-electron chi connectivity index (χ2n) is 15.9. The van der Waals surface area contributed by atoms with Gasteiger partial charge in [-0.3, -0.25) is 0 Å². The van der Waals surface area contributed by atoms with E-state index in [2.05, 4.69) is 231 Å². The molecule has 10 aromatic rings. The van der Waals surface area contributed by atoms with E-state index in [0.717, 1.165) is 12.1 Å². The van der Waals surface area contributed by atoms with Crippen LogP contribution in [0.4, 0.5) is 0 Å². The van der Waals surface area contributed by atoms with E-state index in [0.29, 0.717) is 0 Å². The quantitative estimate of drug-likeness (QED) is 0.137. The van der Waals surface area contributed by atoms with Crippen LogP contribution in [0.15, 0.2) is 200 Å². The Labute approximate surface area is 346 Å². The molecule has 0 radical (unpaired) electrons. The van der Waals surface area contributed by atoms with E-state index >= 15 is 0 Å². The molecule has 2 nitrogen and oxygen atoms in total. The number of hydrogen-bond donors (Lipinski definition) is 0. The predicted molar refractivity (Wildman–Crippen MR) is 254 cm³/mol. The smallest absolute Gasteiger partial charge is 0.0541 e. The van der Waals surface area contributed by atoms with Crippen molar-refractivity contribution in [1.82, 2.24) is 9.13 Å². The fourth-order valence-electron chi connectivity index (χ4n) is 8.87. The minimum atomic E-state index is 0.992. The van der Waals surface area contributed by atoms with Crippen molar-refractivity contribution in [2.75, 3.05) is 0 Å². The Hall–Kier alpha value is -7.16. The number of benzene rings is 8. The van der Waals surface area contributed by atoms with Gasteiger partial charge in [0.05, 0.1) is 22.1 Å². The molecule has 0 bridgehead atoms. The first kappa shape index (κ1) is 36.2. The van der Waals surface area contributed by atoms with Gasteiger partial charge in [0.25, 0.3) is 0 Å². The van der Waals surface area contributed by atoms with Crippen molar-refractivity contribution in [3.8, 4) is 33.6 Å². The molecule has 0 aliphatic carbocycles. The average Bonchev–Trinajstić information content (AvgIpc) is 3.81. The first-order valence-corrected chi connectivity index (χ1v) is 20.7. The molecular formula is C57H46N2. The number of allylic oxidation sites excluding steroid dienone is 4. The molecule has 0 saturated carbocycles. The zero-order chi connectivity index (χ0) is 40.0. The summed E-state index contributed by atoms with van der Waals surface area (Å²) >= 11 is 0. The van der Waals surface area contributed by atoms with Crippen molar-refractivity contribution < 1.29 is 0 Å². The van der Waals surface area contributed by atoms with Gasteiger partial charge in [-0.2, -0.15) is 0 Å². The molecule has 0 spiro atoms.